The van der Waals surface area contributed by atoms with Gasteiger partial charge in [0, 0.05) is 55.9 Å². The van der Waals surface area contributed by atoms with Gasteiger partial charge in [0.1, 0.15) is 46.8 Å². The molecule has 0 bridgehead atoms. The number of ether oxygens (including phenoxy) is 1. The Kier molecular flexibility index (Phi) is 9.44. The number of likely N-dealkylation sites (N-methyl/N-ethyl adjacent to an activating group) is 1. The number of halogens is 1. The SMILES string of the molecule is CC(=C(C#N)C(=O)N1CCCC(n2nc(-c3ccc(Oc4ccccc4)cc3F)c3c(N)ncnc32)C1)C(C)N1C[C@@H](C)N(C)[C@@H](C)C1. The van der Waals surface area contributed by atoms with E-state index in [4.69, 9.17) is 15.6 Å². The van der Waals surface area contributed by atoms with E-state index in [1.54, 1.807) is 33.8 Å². The van der Waals surface area contributed by atoms with Gasteiger partial charge >= 0.3 is 0 Å². The molecule has 1 amide bonds. The Morgan fingerprint density at radius 3 is 2.50 bits per heavy atom. The number of nitriles is 1. The third-order valence-corrected chi connectivity index (χ3v) is 10.0. The lowest BCUT2D eigenvalue weighted by molar-refractivity contribution is -0.128. The van der Waals surface area contributed by atoms with Crippen molar-refractivity contribution in [2.45, 2.75) is 64.7 Å². The molecule has 0 saturated carbocycles. The number of nitrogens with zero attached hydrogens (tertiary/aromatic N) is 8. The minimum Gasteiger partial charge on any atom is -0.457 e. The second-order valence-corrected chi connectivity index (χ2v) is 13.0. The van der Waals surface area contributed by atoms with Gasteiger partial charge in [-0.3, -0.25) is 14.6 Å². The van der Waals surface area contributed by atoms with Gasteiger partial charge in [-0.05, 0) is 77.4 Å². The molecule has 2 unspecified atom stereocenters. The van der Waals surface area contributed by atoms with Crippen LogP contribution >= 0.6 is 0 Å². The van der Waals surface area contributed by atoms with Crippen LogP contribution in [0.2, 0.25) is 0 Å². The number of rotatable bonds is 7. The number of carbonyl (C=O) groups is 1. The highest BCUT2D eigenvalue weighted by Crippen LogP contribution is 2.36. The fraction of sp³-hybridized carbons (Fsp3) is 0.417. The van der Waals surface area contributed by atoms with Crippen LogP contribution in [-0.2, 0) is 4.79 Å². The van der Waals surface area contributed by atoms with Crippen molar-refractivity contribution < 1.29 is 13.9 Å². The number of likely N-dealkylation sites (tertiary alicyclic amines) is 1. The maximum absolute atomic E-state index is 15.7. The van der Waals surface area contributed by atoms with Gasteiger partial charge in [0.25, 0.3) is 5.91 Å². The van der Waals surface area contributed by atoms with Crippen LogP contribution in [0.25, 0.3) is 22.3 Å². The molecule has 0 aliphatic carbocycles. The van der Waals surface area contributed by atoms with Crippen LogP contribution in [0, 0.1) is 17.1 Å². The van der Waals surface area contributed by atoms with Crippen molar-refractivity contribution in [2.24, 2.45) is 0 Å². The van der Waals surface area contributed by atoms with Crippen LogP contribution in [0.3, 0.4) is 0 Å². The summed E-state index contributed by atoms with van der Waals surface area (Å²) in [6.45, 7) is 10.9. The highest BCUT2D eigenvalue weighted by Gasteiger charge is 2.34. The maximum Gasteiger partial charge on any atom is 0.264 e. The molecular formula is C36H42FN9O2. The summed E-state index contributed by atoms with van der Waals surface area (Å²) in [5.41, 5.74) is 8.29. The van der Waals surface area contributed by atoms with Crippen LogP contribution in [-0.4, -0.2) is 91.7 Å². The second-order valence-electron chi connectivity index (χ2n) is 13.0. The van der Waals surface area contributed by atoms with Gasteiger partial charge in [-0.25, -0.2) is 19.0 Å². The number of carbonyl (C=O) groups excluding carboxylic acids is 1. The molecule has 2 aromatic carbocycles. The summed E-state index contributed by atoms with van der Waals surface area (Å²) in [4.78, 5) is 29.1. The summed E-state index contributed by atoms with van der Waals surface area (Å²) in [6.07, 6.45) is 2.78. The maximum atomic E-state index is 15.7. The Hall–Kier alpha value is -4.86. The molecule has 11 nitrogen and oxygen atoms in total. The summed E-state index contributed by atoms with van der Waals surface area (Å²) in [6, 6.07) is 16.4. The van der Waals surface area contributed by atoms with Crippen molar-refractivity contribution in [3.8, 4) is 28.8 Å². The monoisotopic (exact) mass is 651 g/mol. The molecule has 6 rings (SSSR count). The summed E-state index contributed by atoms with van der Waals surface area (Å²) < 4.78 is 23.2. The van der Waals surface area contributed by atoms with E-state index in [2.05, 4.69) is 53.7 Å². The number of hydrogen-bond acceptors (Lipinski definition) is 9. The summed E-state index contributed by atoms with van der Waals surface area (Å²) in [5.74, 6) is 0.306. The smallest absolute Gasteiger partial charge is 0.264 e. The second kappa shape index (κ2) is 13.7. The molecule has 4 atom stereocenters. The van der Waals surface area contributed by atoms with Crippen molar-refractivity contribution in [1.82, 2.24) is 34.4 Å². The zero-order chi connectivity index (χ0) is 34.1. The summed E-state index contributed by atoms with van der Waals surface area (Å²) in [5, 5.41) is 15.5. The number of nitrogen functional groups attached to an aromatic ring is 1. The lowest BCUT2D eigenvalue weighted by atomic mass is 9.97. The Bertz CT molecular complexity index is 1870. The number of fused-ring (bicyclic) bond motifs is 1. The van der Waals surface area contributed by atoms with Gasteiger partial charge in [0.15, 0.2) is 5.65 Å². The average Bonchev–Trinajstić information content (AvgIpc) is 3.48. The number of aromatic nitrogens is 4. The first-order valence-electron chi connectivity index (χ1n) is 16.4. The Morgan fingerprint density at radius 2 is 1.81 bits per heavy atom. The molecule has 2 aromatic heterocycles. The molecule has 0 spiro atoms. The largest absolute Gasteiger partial charge is 0.457 e. The van der Waals surface area contributed by atoms with Crippen molar-refractivity contribution in [3.63, 3.8) is 0 Å². The Balaban J connectivity index is 1.27. The molecule has 0 radical (unpaired) electrons. The lowest BCUT2D eigenvalue weighted by Crippen LogP contribution is -2.57. The topological polar surface area (TPSA) is 129 Å². The van der Waals surface area contributed by atoms with Crippen LogP contribution in [0.5, 0.6) is 11.5 Å². The summed E-state index contributed by atoms with van der Waals surface area (Å²) in [7, 11) is 2.14. The quantitative estimate of drug-likeness (QED) is 0.206. The molecule has 2 N–H and O–H groups in total. The van der Waals surface area contributed by atoms with Crippen LogP contribution in [0.1, 0.15) is 46.6 Å². The fourth-order valence-electron chi connectivity index (χ4n) is 6.86. The molecule has 2 aliphatic rings. The highest BCUT2D eigenvalue weighted by molar-refractivity contribution is 5.99. The number of benzene rings is 2. The van der Waals surface area contributed by atoms with Crippen LogP contribution in [0.15, 0.2) is 66.0 Å². The third-order valence-electron chi connectivity index (χ3n) is 10.0. The molecule has 12 heteroatoms. The standard InChI is InChI=1S/C36H42FN9O2/c1-22-18-45(19-23(2)43(22)5)25(4)24(3)30(17-38)36(47)44-15-9-10-26(20-44)46-35-32(34(39)40-21-41-35)33(42-46)29-14-13-28(16-31(29)37)48-27-11-7-6-8-12-27/h6-8,11-14,16,21-23,25-26H,9-10,15,18-20H2,1-5H3,(H2,39,40,41)/t22-,23+,25?,26?. The normalized spacial score (nSPS) is 21.9. The van der Waals surface area contributed by atoms with E-state index < -0.39 is 5.82 Å². The number of para-hydroxylation sites is 1. The highest BCUT2D eigenvalue weighted by atomic mass is 19.1. The number of anilines is 1. The van der Waals surface area contributed by atoms with Crippen molar-refractivity contribution in [1.29, 1.82) is 5.26 Å². The van der Waals surface area contributed by atoms with E-state index in [1.807, 2.05) is 25.1 Å². The predicted molar refractivity (Wildman–Crippen MR) is 183 cm³/mol. The van der Waals surface area contributed by atoms with Crippen molar-refractivity contribution >= 4 is 22.8 Å². The predicted octanol–water partition coefficient (Wildman–Crippen LogP) is 5.42. The lowest BCUT2D eigenvalue weighted by Gasteiger charge is -2.45. The van der Waals surface area contributed by atoms with E-state index in [1.165, 1.54) is 12.4 Å². The van der Waals surface area contributed by atoms with E-state index in [0.29, 0.717) is 66.2 Å². The van der Waals surface area contributed by atoms with Gasteiger partial charge in [0.05, 0.1) is 11.4 Å². The zero-order valence-corrected chi connectivity index (χ0v) is 28.1. The molecule has 250 valence electrons. The van der Waals surface area contributed by atoms with Gasteiger partial charge in [-0.15, -0.1) is 0 Å². The Morgan fingerprint density at radius 1 is 1.08 bits per heavy atom. The minimum absolute atomic E-state index is 0.0561. The van der Waals surface area contributed by atoms with E-state index in [9.17, 15) is 10.1 Å². The number of amides is 1. The molecular weight excluding hydrogens is 609 g/mol. The number of piperidine rings is 1. The molecule has 48 heavy (non-hydrogen) atoms. The van der Waals surface area contributed by atoms with Gasteiger partial charge in [-0.2, -0.15) is 10.4 Å². The average molecular weight is 652 g/mol. The zero-order valence-electron chi connectivity index (χ0n) is 28.1. The van der Waals surface area contributed by atoms with Crippen molar-refractivity contribution in [2.75, 3.05) is 39.0 Å². The molecule has 2 fully saturated rings. The third kappa shape index (κ3) is 6.35. The summed E-state index contributed by atoms with van der Waals surface area (Å²) >= 11 is 0. The molecule has 2 saturated heterocycles. The van der Waals surface area contributed by atoms with E-state index in [-0.39, 0.29) is 34.9 Å². The molecule has 2 aliphatic heterocycles. The first-order valence-corrected chi connectivity index (χ1v) is 16.4. The van der Waals surface area contributed by atoms with Crippen LogP contribution in [0.4, 0.5) is 10.2 Å². The van der Waals surface area contributed by atoms with E-state index in [0.717, 1.165) is 18.7 Å². The fourth-order valence-corrected chi connectivity index (χ4v) is 6.86. The Labute approximate surface area is 280 Å². The van der Waals surface area contributed by atoms with Crippen molar-refractivity contribution in [3.05, 3.63) is 71.8 Å². The van der Waals surface area contributed by atoms with Crippen LogP contribution < -0.4 is 10.5 Å². The molecule has 4 heterocycles. The minimum atomic E-state index is -0.531. The van der Waals surface area contributed by atoms with Gasteiger partial charge in [0.2, 0.25) is 0 Å². The van der Waals surface area contributed by atoms with Gasteiger partial charge < -0.3 is 15.4 Å². The first-order chi connectivity index (χ1) is 23.1. The number of piperazine rings is 1. The molecule has 4 aromatic rings. The number of hydrogen-bond donors (Lipinski definition) is 1. The number of nitrogens with two attached hydrogens (primary N) is 1. The van der Waals surface area contributed by atoms with Gasteiger partial charge in [-0.1, -0.05) is 18.2 Å². The first kappa shape index (κ1) is 33.1. The van der Waals surface area contributed by atoms with E-state index >= 15 is 4.39 Å².